The Morgan fingerprint density at radius 3 is 3.11 bits per heavy atom. The molecule has 3 nitrogen and oxygen atoms in total. The molecular weight excluding hydrogens is 242 g/mol. The lowest BCUT2D eigenvalue weighted by Crippen LogP contribution is -2.28. The second kappa shape index (κ2) is 7.22. The first-order valence-corrected chi connectivity index (χ1v) is 8.02. The van der Waals surface area contributed by atoms with E-state index in [4.69, 9.17) is 5.73 Å². The lowest BCUT2D eigenvalue weighted by Gasteiger charge is -2.15. The molecule has 1 aliphatic carbocycles. The fourth-order valence-corrected chi connectivity index (χ4v) is 3.42. The zero-order chi connectivity index (χ0) is 12.8. The standard InChI is InChI=1S/C14H25N3S/c1-11-3-2-4-12(6-5-11)16-9-13-10-18-14(17-13)7-8-15/h10-12,16H,2-9,15H2,1H3. The topological polar surface area (TPSA) is 50.9 Å². The molecule has 1 saturated carbocycles. The van der Waals surface area contributed by atoms with Gasteiger partial charge in [-0.1, -0.05) is 19.8 Å². The molecule has 1 aromatic heterocycles. The van der Waals surface area contributed by atoms with Gasteiger partial charge in [0, 0.05) is 24.4 Å². The van der Waals surface area contributed by atoms with Crippen LogP contribution < -0.4 is 11.1 Å². The van der Waals surface area contributed by atoms with Crippen molar-refractivity contribution >= 4 is 11.3 Å². The molecule has 0 spiro atoms. The van der Waals surface area contributed by atoms with Gasteiger partial charge in [0.2, 0.25) is 0 Å². The van der Waals surface area contributed by atoms with E-state index in [1.165, 1.54) is 42.8 Å². The molecule has 0 aliphatic heterocycles. The number of nitrogens with zero attached hydrogens (tertiary/aromatic N) is 1. The third-order valence-electron chi connectivity index (χ3n) is 3.79. The van der Waals surface area contributed by atoms with E-state index in [0.717, 1.165) is 18.9 Å². The molecule has 2 unspecified atom stereocenters. The van der Waals surface area contributed by atoms with Crippen molar-refractivity contribution in [1.29, 1.82) is 0 Å². The van der Waals surface area contributed by atoms with Crippen LogP contribution in [0.1, 0.15) is 49.7 Å². The van der Waals surface area contributed by atoms with Crippen molar-refractivity contribution in [2.75, 3.05) is 6.54 Å². The molecule has 1 fully saturated rings. The summed E-state index contributed by atoms with van der Waals surface area (Å²) in [6.45, 7) is 3.99. The van der Waals surface area contributed by atoms with Crippen molar-refractivity contribution in [2.24, 2.45) is 11.7 Å². The summed E-state index contributed by atoms with van der Waals surface area (Å²) >= 11 is 1.73. The number of nitrogens with two attached hydrogens (primary N) is 1. The Labute approximate surface area is 114 Å². The first-order valence-electron chi connectivity index (χ1n) is 7.14. The van der Waals surface area contributed by atoms with Crippen LogP contribution in [-0.4, -0.2) is 17.6 Å². The highest BCUT2D eigenvalue weighted by Gasteiger charge is 2.15. The van der Waals surface area contributed by atoms with Crippen molar-refractivity contribution in [2.45, 2.75) is 58.0 Å². The molecule has 0 aromatic carbocycles. The van der Waals surface area contributed by atoms with Crippen molar-refractivity contribution in [3.63, 3.8) is 0 Å². The van der Waals surface area contributed by atoms with Crippen LogP contribution in [0.4, 0.5) is 0 Å². The second-order valence-electron chi connectivity index (χ2n) is 5.46. The minimum atomic E-state index is 0.689. The van der Waals surface area contributed by atoms with Gasteiger partial charge in [0.05, 0.1) is 10.7 Å². The highest BCUT2D eigenvalue weighted by Crippen LogP contribution is 2.22. The fourth-order valence-electron chi connectivity index (χ4n) is 2.61. The molecule has 102 valence electrons. The summed E-state index contributed by atoms with van der Waals surface area (Å²) in [5, 5.41) is 7.00. The second-order valence-corrected chi connectivity index (χ2v) is 6.41. The molecule has 1 aromatic rings. The molecule has 0 radical (unpaired) electrons. The van der Waals surface area contributed by atoms with E-state index in [2.05, 4.69) is 22.6 Å². The van der Waals surface area contributed by atoms with Crippen LogP contribution in [0.15, 0.2) is 5.38 Å². The highest BCUT2D eigenvalue weighted by molar-refractivity contribution is 7.09. The van der Waals surface area contributed by atoms with E-state index >= 15 is 0 Å². The predicted octanol–water partition coefficient (Wildman–Crippen LogP) is 2.70. The Morgan fingerprint density at radius 1 is 1.39 bits per heavy atom. The van der Waals surface area contributed by atoms with E-state index < -0.39 is 0 Å². The van der Waals surface area contributed by atoms with Gasteiger partial charge < -0.3 is 11.1 Å². The molecule has 0 saturated heterocycles. The maximum atomic E-state index is 5.54. The molecule has 2 atom stereocenters. The Balaban J connectivity index is 1.76. The third kappa shape index (κ3) is 4.34. The zero-order valence-corrected chi connectivity index (χ0v) is 12.1. The quantitative estimate of drug-likeness (QED) is 0.807. The van der Waals surface area contributed by atoms with Crippen LogP contribution in [0.5, 0.6) is 0 Å². The van der Waals surface area contributed by atoms with Gasteiger partial charge in [0.25, 0.3) is 0 Å². The number of rotatable bonds is 5. The first-order chi connectivity index (χ1) is 8.78. The van der Waals surface area contributed by atoms with Crippen molar-refractivity contribution in [1.82, 2.24) is 10.3 Å². The smallest absolute Gasteiger partial charge is 0.0941 e. The van der Waals surface area contributed by atoms with Crippen molar-refractivity contribution in [3.05, 3.63) is 16.1 Å². The largest absolute Gasteiger partial charge is 0.330 e. The summed E-state index contributed by atoms with van der Waals surface area (Å²) in [4.78, 5) is 4.60. The van der Waals surface area contributed by atoms with Crippen LogP contribution in [0.25, 0.3) is 0 Å². The van der Waals surface area contributed by atoms with Gasteiger partial charge in [0.1, 0.15) is 0 Å². The van der Waals surface area contributed by atoms with Gasteiger partial charge in [-0.2, -0.15) is 0 Å². The van der Waals surface area contributed by atoms with Gasteiger partial charge in [-0.25, -0.2) is 4.98 Å². The van der Waals surface area contributed by atoms with Crippen molar-refractivity contribution < 1.29 is 0 Å². The van der Waals surface area contributed by atoms with E-state index in [9.17, 15) is 0 Å². The zero-order valence-electron chi connectivity index (χ0n) is 11.3. The Morgan fingerprint density at radius 2 is 2.28 bits per heavy atom. The van der Waals surface area contributed by atoms with Crippen LogP contribution in [0, 0.1) is 5.92 Å². The molecule has 18 heavy (non-hydrogen) atoms. The molecule has 2 rings (SSSR count). The Bertz CT molecular complexity index is 351. The number of hydrogen-bond acceptors (Lipinski definition) is 4. The normalized spacial score (nSPS) is 25.0. The summed E-state index contributed by atoms with van der Waals surface area (Å²) in [5.74, 6) is 0.909. The molecule has 0 bridgehead atoms. The van der Waals surface area contributed by atoms with Gasteiger partial charge in [-0.15, -0.1) is 11.3 Å². The Hall–Kier alpha value is -0.450. The Kier molecular flexibility index (Phi) is 5.60. The minimum absolute atomic E-state index is 0.689. The van der Waals surface area contributed by atoms with Gasteiger partial charge in [-0.05, 0) is 31.7 Å². The number of aromatic nitrogens is 1. The van der Waals surface area contributed by atoms with Crippen LogP contribution in [0.2, 0.25) is 0 Å². The minimum Gasteiger partial charge on any atom is -0.330 e. The molecule has 4 heteroatoms. The highest BCUT2D eigenvalue weighted by atomic mass is 32.1. The molecule has 3 N–H and O–H groups in total. The average molecular weight is 267 g/mol. The van der Waals surface area contributed by atoms with Crippen molar-refractivity contribution in [3.8, 4) is 0 Å². The van der Waals surface area contributed by atoms with E-state index in [0.29, 0.717) is 12.6 Å². The van der Waals surface area contributed by atoms with Crippen LogP contribution in [0.3, 0.4) is 0 Å². The predicted molar refractivity (Wildman–Crippen MR) is 77.7 cm³/mol. The summed E-state index contributed by atoms with van der Waals surface area (Å²) < 4.78 is 0. The number of thiazole rings is 1. The lowest BCUT2D eigenvalue weighted by molar-refractivity contribution is 0.445. The molecular formula is C14H25N3S. The third-order valence-corrected chi connectivity index (χ3v) is 4.74. The number of hydrogen-bond donors (Lipinski definition) is 2. The summed E-state index contributed by atoms with van der Waals surface area (Å²) in [6.07, 6.45) is 7.69. The van der Waals surface area contributed by atoms with E-state index in [1.807, 2.05) is 0 Å². The lowest BCUT2D eigenvalue weighted by atomic mass is 10.0. The molecule has 1 heterocycles. The summed E-state index contributed by atoms with van der Waals surface area (Å²) in [7, 11) is 0. The van der Waals surface area contributed by atoms with Gasteiger partial charge in [0.15, 0.2) is 0 Å². The van der Waals surface area contributed by atoms with Gasteiger partial charge >= 0.3 is 0 Å². The number of nitrogens with one attached hydrogen (secondary N) is 1. The molecule has 1 aliphatic rings. The first kappa shape index (κ1) is 14.0. The van der Waals surface area contributed by atoms with Gasteiger partial charge in [-0.3, -0.25) is 0 Å². The summed E-state index contributed by atoms with van der Waals surface area (Å²) in [6, 6.07) is 0.689. The maximum Gasteiger partial charge on any atom is 0.0941 e. The maximum absolute atomic E-state index is 5.54. The summed E-state index contributed by atoms with van der Waals surface area (Å²) in [5.41, 5.74) is 6.72. The van der Waals surface area contributed by atoms with E-state index in [-0.39, 0.29) is 0 Å². The monoisotopic (exact) mass is 267 g/mol. The average Bonchev–Trinajstić information content (AvgIpc) is 2.70. The fraction of sp³-hybridized carbons (Fsp3) is 0.786. The SMILES string of the molecule is CC1CCCC(NCc2csc(CCN)n2)CC1. The van der Waals surface area contributed by atoms with Crippen LogP contribution >= 0.6 is 11.3 Å². The van der Waals surface area contributed by atoms with E-state index in [1.54, 1.807) is 11.3 Å². The molecule has 0 amide bonds. The van der Waals surface area contributed by atoms with Crippen LogP contribution in [-0.2, 0) is 13.0 Å².